The Morgan fingerprint density at radius 2 is 1.93 bits per heavy atom. The van der Waals surface area contributed by atoms with Gasteiger partial charge in [-0.25, -0.2) is 0 Å². The third kappa shape index (κ3) is 5.37. The molecule has 1 fully saturated rings. The molecule has 3 rings (SSSR count). The van der Waals surface area contributed by atoms with Crippen LogP contribution in [0.1, 0.15) is 12.8 Å². The van der Waals surface area contributed by atoms with Crippen molar-refractivity contribution < 1.29 is 19.1 Å². The Kier molecular flexibility index (Phi) is 6.89. The molecule has 1 saturated heterocycles. The number of aromatic nitrogens is 1. The van der Waals surface area contributed by atoms with E-state index in [-0.39, 0.29) is 0 Å². The molecule has 1 aliphatic rings. The summed E-state index contributed by atoms with van der Waals surface area (Å²) in [4.78, 5) is 30.9. The van der Waals surface area contributed by atoms with Crippen LogP contribution >= 0.6 is 0 Å². The predicted octanol–water partition coefficient (Wildman–Crippen LogP) is 2.07. The third-order valence-corrected chi connectivity index (χ3v) is 5.04. The van der Waals surface area contributed by atoms with E-state index < -0.39 is 11.8 Å². The lowest BCUT2D eigenvalue weighted by Crippen LogP contribution is -2.41. The zero-order valence-corrected chi connectivity index (χ0v) is 16.7. The van der Waals surface area contributed by atoms with E-state index in [4.69, 9.17) is 9.47 Å². The number of nitrogens with zero attached hydrogens (tertiary/aromatic N) is 2. The van der Waals surface area contributed by atoms with Gasteiger partial charge in [-0.05, 0) is 43.0 Å². The molecule has 1 aromatic heterocycles. The van der Waals surface area contributed by atoms with Crippen molar-refractivity contribution in [3.63, 3.8) is 0 Å². The number of nitrogens with one attached hydrogen (secondary N) is 2. The number of hydrogen-bond acceptors (Lipinski definition) is 6. The Hall–Kier alpha value is -3.29. The summed E-state index contributed by atoms with van der Waals surface area (Å²) in [5.74, 6) is -0.0449. The van der Waals surface area contributed by atoms with Crippen LogP contribution in [0.25, 0.3) is 0 Å². The van der Waals surface area contributed by atoms with Gasteiger partial charge in [0.1, 0.15) is 11.5 Å². The molecule has 154 valence electrons. The van der Waals surface area contributed by atoms with Crippen LogP contribution in [0.4, 0.5) is 11.4 Å². The second-order valence-electron chi connectivity index (χ2n) is 6.87. The number of ether oxygens (including phenoxy) is 2. The van der Waals surface area contributed by atoms with Gasteiger partial charge in [0, 0.05) is 31.9 Å². The number of pyridine rings is 1. The molecule has 0 atom stereocenters. The van der Waals surface area contributed by atoms with E-state index in [1.165, 1.54) is 14.2 Å². The molecule has 8 nitrogen and oxygen atoms in total. The molecule has 1 aromatic carbocycles. The third-order valence-electron chi connectivity index (χ3n) is 5.04. The molecular formula is C21H26N4O4. The molecule has 2 amide bonds. The quantitative estimate of drug-likeness (QED) is 0.724. The van der Waals surface area contributed by atoms with E-state index in [0.29, 0.717) is 29.6 Å². The van der Waals surface area contributed by atoms with Crippen LogP contribution in [0.2, 0.25) is 0 Å². The van der Waals surface area contributed by atoms with Gasteiger partial charge in [-0.3, -0.25) is 14.6 Å². The van der Waals surface area contributed by atoms with Crippen molar-refractivity contribution in [1.82, 2.24) is 10.3 Å². The topological polar surface area (TPSA) is 92.8 Å². The normalized spacial score (nSPS) is 14.2. The fraction of sp³-hybridized carbons (Fsp3) is 0.381. The molecule has 0 bridgehead atoms. The highest BCUT2D eigenvalue weighted by molar-refractivity contribution is 6.39. The first kappa shape index (κ1) is 20.4. The largest absolute Gasteiger partial charge is 0.497 e. The Morgan fingerprint density at radius 1 is 1.14 bits per heavy atom. The van der Waals surface area contributed by atoms with Crippen LogP contribution in [-0.2, 0) is 9.59 Å². The van der Waals surface area contributed by atoms with Gasteiger partial charge >= 0.3 is 11.8 Å². The van der Waals surface area contributed by atoms with E-state index >= 15 is 0 Å². The summed E-state index contributed by atoms with van der Waals surface area (Å²) in [6.07, 6.45) is 5.51. The van der Waals surface area contributed by atoms with Crippen LogP contribution in [0.5, 0.6) is 11.5 Å². The second kappa shape index (κ2) is 9.77. The minimum atomic E-state index is -0.732. The second-order valence-corrected chi connectivity index (χ2v) is 6.87. The van der Waals surface area contributed by atoms with Crippen molar-refractivity contribution in [2.75, 3.05) is 44.1 Å². The fourth-order valence-electron chi connectivity index (χ4n) is 3.34. The van der Waals surface area contributed by atoms with Crippen molar-refractivity contribution >= 4 is 23.2 Å². The van der Waals surface area contributed by atoms with Crippen molar-refractivity contribution in [3.05, 3.63) is 42.7 Å². The lowest BCUT2D eigenvalue weighted by atomic mass is 9.96. The monoisotopic (exact) mass is 398 g/mol. The van der Waals surface area contributed by atoms with Crippen molar-refractivity contribution in [1.29, 1.82) is 0 Å². The van der Waals surface area contributed by atoms with Gasteiger partial charge in [0.05, 0.1) is 31.8 Å². The Balaban J connectivity index is 1.47. The molecule has 2 heterocycles. The number of benzene rings is 1. The van der Waals surface area contributed by atoms with Crippen LogP contribution in [0.3, 0.4) is 0 Å². The lowest BCUT2D eigenvalue weighted by molar-refractivity contribution is -0.136. The first-order chi connectivity index (χ1) is 14.1. The molecule has 0 unspecified atom stereocenters. The molecule has 0 spiro atoms. The molecule has 1 aliphatic heterocycles. The lowest BCUT2D eigenvalue weighted by Gasteiger charge is -2.33. The number of anilines is 2. The highest BCUT2D eigenvalue weighted by Crippen LogP contribution is 2.28. The van der Waals surface area contributed by atoms with E-state index in [1.54, 1.807) is 24.4 Å². The average molecular weight is 398 g/mol. The summed E-state index contributed by atoms with van der Waals surface area (Å²) in [7, 11) is 3.02. The van der Waals surface area contributed by atoms with Gasteiger partial charge in [0.2, 0.25) is 0 Å². The van der Waals surface area contributed by atoms with Crippen LogP contribution in [0.15, 0.2) is 42.7 Å². The summed E-state index contributed by atoms with van der Waals surface area (Å²) in [6, 6.07) is 8.97. The molecule has 8 heteroatoms. The zero-order valence-electron chi connectivity index (χ0n) is 16.7. The van der Waals surface area contributed by atoms with Crippen molar-refractivity contribution in [3.8, 4) is 11.5 Å². The Bertz CT molecular complexity index is 836. The fourth-order valence-corrected chi connectivity index (χ4v) is 3.34. The molecule has 2 N–H and O–H groups in total. The van der Waals surface area contributed by atoms with E-state index in [1.807, 2.05) is 18.3 Å². The summed E-state index contributed by atoms with van der Waals surface area (Å²) >= 11 is 0. The number of methoxy groups -OCH3 is 2. The van der Waals surface area contributed by atoms with E-state index in [0.717, 1.165) is 31.6 Å². The van der Waals surface area contributed by atoms with Crippen molar-refractivity contribution in [2.24, 2.45) is 5.92 Å². The number of carbonyl (C=O) groups excluding carboxylic acids is 2. The summed E-state index contributed by atoms with van der Waals surface area (Å²) in [6.45, 7) is 2.28. The SMILES string of the molecule is COc1ccc(OC)c(NC(=O)C(=O)NCC2CCN(c3cccnc3)CC2)c1. The smallest absolute Gasteiger partial charge is 0.313 e. The highest BCUT2D eigenvalue weighted by atomic mass is 16.5. The number of amides is 2. The summed E-state index contributed by atoms with van der Waals surface area (Å²) in [5.41, 5.74) is 1.50. The maximum absolute atomic E-state index is 12.3. The van der Waals surface area contributed by atoms with Gasteiger partial charge in [0.15, 0.2) is 0 Å². The van der Waals surface area contributed by atoms with Gasteiger partial charge in [-0.15, -0.1) is 0 Å². The highest BCUT2D eigenvalue weighted by Gasteiger charge is 2.22. The summed E-state index contributed by atoms with van der Waals surface area (Å²) in [5, 5.41) is 5.32. The first-order valence-corrected chi connectivity index (χ1v) is 9.57. The number of hydrogen-bond donors (Lipinski definition) is 2. The minimum Gasteiger partial charge on any atom is -0.497 e. The van der Waals surface area contributed by atoms with E-state index in [2.05, 4.69) is 20.5 Å². The van der Waals surface area contributed by atoms with Crippen LogP contribution < -0.4 is 25.0 Å². The standard InChI is InChI=1S/C21H26N4O4/c1-28-17-5-6-19(29-2)18(12-17)24-21(27)20(26)23-13-15-7-10-25(11-8-15)16-4-3-9-22-14-16/h3-6,9,12,14-15H,7-8,10-11,13H2,1-2H3,(H,23,26)(H,24,27). The first-order valence-electron chi connectivity index (χ1n) is 9.57. The van der Waals surface area contributed by atoms with Gasteiger partial charge in [-0.2, -0.15) is 0 Å². The van der Waals surface area contributed by atoms with Crippen molar-refractivity contribution in [2.45, 2.75) is 12.8 Å². The van der Waals surface area contributed by atoms with Gasteiger partial charge in [-0.1, -0.05) is 0 Å². The molecule has 29 heavy (non-hydrogen) atoms. The maximum Gasteiger partial charge on any atom is 0.313 e. The van der Waals surface area contributed by atoms with E-state index in [9.17, 15) is 9.59 Å². The summed E-state index contributed by atoms with van der Waals surface area (Å²) < 4.78 is 10.4. The number of carbonyl (C=O) groups is 2. The molecule has 0 radical (unpaired) electrons. The molecule has 2 aromatic rings. The molecule has 0 aliphatic carbocycles. The Morgan fingerprint density at radius 3 is 2.59 bits per heavy atom. The maximum atomic E-state index is 12.3. The van der Waals surface area contributed by atoms with Crippen LogP contribution in [0, 0.1) is 5.92 Å². The number of rotatable bonds is 6. The predicted molar refractivity (Wildman–Crippen MR) is 110 cm³/mol. The minimum absolute atomic E-state index is 0.339. The zero-order chi connectivity index (χ0) is 20.6. The Labute approximate surface area is 170 Å². The number of piperidine rings is 1. The van der Waals surface area contributed by atoms with Gasteiger partial charge in [0.25, 0.3) is 0 Å². The molecular weight excluding hydrogens is 372 g/mol. The van der Waals surface area contributed by atoms with Crippen LogP contribution in [-0.4, -0.2) is 50.7 Å². The van der Waals surface area contributed by atoms with Gasteiger partial charge < -0.3 is 25.0 Å². The average Bonchev–Trinajstić information content (AvgIpc) is 2.78. The molecule has 0 saturated carbocycles.